The molecule has 1 aromatic heterocycles. The number of nitrogens with zero attached hydrogens (tertiary/aromatic N) is 2. The van der Waals surface area contributed by atoms with E-state index >= 15 is 0 Å². The Hall–Kier alpha value is -1.03. The molecule has 0 saturated carbocycles. The van der Waals surface area contributed by atoms with E-state index in [0.29, 0.717) is 6.54 Å². The third kappa shape index (κ3) is 1.31. The lowest BCUT2D eigenvalue weighted by atomic mass is 10.2. The zero-order chi connectivity index (χ0) is 9.26. The van der Waals surface area contributed by atoms with Crippen LogP contribution in [0.25, 0.3) is 0 Å². The summed E-state index contributed by atoms with van der Waals surface area (Å²) in [4.78, 5) is 4.51. The van der Waals surface area contributed by atoms with Gasteiger partial charge in [0.1, 0.15) is 0 Å². The maximum Gasteiger partial charge on any atom is 0.203 e. The third-order valence-corrected chi connectivity index (χ3v) is 2.53. The van der Waals surface area contributed by atoms with Gasteiger partial charge in [0.05, 0.1) is 11.4 Å². The fraction of sp³-hybridized carbons (Fsp3) is 0.667. The maximum absolute atomic E-state index is 5.71. The Morgan fingerprint density at radius 2 is 2.46 bits per heavy atom. The molecular formula is C9H16N4. The van der Waals surface area contributed by atoms with Crippen molar-refractivity contribution in [3.63, 3.8) is 0 Å². The number of hydrogen-bond donors (Lipinski definition) is 2. The van der Waals surface area contributed by atoms with Crippen LogP contribution in [0.5, 0.6) is 0 Å². The first-order valence-corrected chi connectivity index (χ1v) is 4.89. The van der Waals surface area contributed by atoms with Crippen molar-refractivity contribution in [2.45, 2.75) is 32.9 Å². The van der Waals surface area contributed by atoms with Crippen molar-refractivity contribution in [2.75, 3.05) is 11.9 Å². The van der Waals surface area contributed by atoms with Crippen molar-refractivity contribution in [1.29, 1.82) is 0 Å². The molecule has 0 bridgehead atoms. The Balaban J connectivity index is 2.44. The zero-order valence-electron chi connectivity index (χ0n) is 8.01. The van der Waals surface area contributed by atoms with Gasteiger partial charge in [-0.1, -0.05) is 6.92 Å². The molecule has 3 N–H and O–H groups in total. The minimum Gasteiger partial charge on any atom is -0.356 e. The van der Waals surface area contributed by atoms with Gasteiger partial charge in [-0.2, -0.15) is 0 Å². The quantitative estimate of drug-likeness (QED) is 0.705. The monoisotopic (exact) mass is 180 g/mol. The number of rotatable bonds is 2. The fourth-order valence-corrected chi connectivity index (χ4v) is 1.86. The molecule has 2 rings (SSSR count). The van der Waals surface area contributed by atoms with Crippen LogP contribution in [0.1, 0.15) is 24.7 Å². The van der Waals surface area contributed by atoms with Gasteiger partial charge in [0.2, 0.25) is 5.95 Å². The van der Waals surface area contributed by atoms with Crippen LogP contribution in [0.3, 0.4) is 0 Å². The molecule has 0 radical (unpaired) electrons. The van der Waals surface area contributed by atoms with E-state index in [4.69, 9.17) is 5.73 Å². The van der Waals surface area contributed by atoms with E-state index in [0.717, 1.165) is 31.2 Å². The van der Waals surface area contributed by atoms with E-state index < -0.39 is 0 Å². The van der Waals surface area contributed by atoms with Gasteiger partial charge >= 0.3 is 0 Å². The van der Waals surface area contributed by atoms with Gasteiger partial charge in [0, 0.05) is 19.6 Å². The summed E-state index contributed by atoms with van der Waals surface area (Å²) in [6, 6.07) is 0. The van der Waals surface area contributed by atoms with E-state index in [1.165, 1.54) is 12.1 Å². The van der Waals surface area contributed by atoms with E-state index in [1.54, 1.807) is 0 Å². The van der Waals surface area contributed by atoms with Crippen LogP contribution >= 0.6 is 0 Å². The van der Waals surface area contributed by atoms with Crippen LogP contribution in [0.15, 0.2) is 0 Å². The topological polar surface area (TPSA) is 55.9 Å². The van der Waals surface area contributed by atoms with Gasteiger partial charge in [-0.05, 0) is 12.8 Å². The van der Waals surface area contributed by atoms with Crippen molar-refractivity contribution in [3.05, 3.63) is 11.4 Å². The van der Waals surface area contributed by atoms with Crippen LogP contribution in [0, 0.1) is 0 Å². The van der Waals surface area contributed by atoms with Gasteiger partial charge in [0.15, 0.2) is 0 Å². The maximum atomic E-state index is 5.71. The van der Waals surface area contributed by atoms with Crippen LogP contribution in [0.2, 0.25) is 0 Å². The first kappa shape index (κ1) is 8.56. The molecule has 0 fully saturated rings. The fourth-order valence-electron chi connectivity index (χ4n) is 1.86. The average Bonchev–Trinajstić information content (AvgIpc) is 2.55. The average molecular weight is 180 g/mol. The smallest absolute Gasteiger partial charge is 0.203 e. The highest BCUT2D eigenvalue weighted by Gasteiger charge is 2.16. The Labute approximate surface area is 78.1 Å². The molecule has 1 aromatic rings. The third-order valence-electron chi connectivity index (χ3n) is 2.53. The lowest BCUT2D eigenvalue weighted by Crippen LogP contribution is -2.19. The summed E-state index contributed by atoms with van der Waals surface area (Å²) < 4.78 is 2.21. The molecule has 0 unspecified atom stereocenters. The van der Waals surface area contributed by atoms with Crippen LogP contribution in [0.4, 0.5) is 5.95 Å². The number of imidazole rings is 1. The molecule has 72 valence electrons. The Kier molecular flexibility index (Phi) is 2.22. The first-order chi connectivity index (χ1) is 6.36. The van der Waals surface area contributed by atoms with Crippen LogP contribution < -0.4 is 11.1 Å². The summed E-state index contributed by atoms with van der Waals surface area (Å²) in [5.41, 5.74) is 8.05. The predicted octanol–water partition coefficient (Wildman–Crippen LogP) is 0.720. The number of hydrogen-bond acceptors (Lipinski definition) is 3. The Morgan fingerprint density at radius 1 is 1.62 bits per heavy atom. The number of aromatic nitrogens is 2. The second-order valence-electron chi connectivity index (χ2n) is 3.32. The minimum atomic E-state index is 0.595. The largest absolute Gasteiger partial charge is 0.356 e. The van der Waals surface area contributed by atoms with Crippen molar-refractivity contribution < 1.29 is 0 Å². The second-order valence-corrected chi connectivity index (χ2v) is 3.32. The van der Waals surface area contributed by atoms with Gasteiger partial charge in [-0.25, -0.2) is 4.98 Å². The van der Waals surface area contributed by atoms with Gasteiger partial charge in [-0.3, -0.25) is 0 Å². The van der Waals surface area contributed by atoms with Crippen molar-refractivity contribution >= 4 is 5.95 Å². The number of nitrogens with one attached hydrogen (secondary N) is 1. The summed E-state index contributed by atoms with van der Waals surface area (Å²) >= 11 is 0. The van der Waals surface area contributed by atoms with E-state index in [9.17, 15) is 0 Å². The molecule has 0 atom stereocenters. The predicted molar refractivity (Wildman–Crippen MR) is 52.6 cm³/mol. The van der Waals surface area contributed by atoms with E-state index in [1.807, 2.05) is 0 Å². The molecule has 0 spiro atoms. The first-order valence-electron chi connectivity index (χ1n) is 4.89. The van der Waals surface area contributed by atoms with Gasteiger partial charge in [0.25, 0.3) is 0 Å². The second kappa shape index (κ2) is 3.38. The summed E-state index contributed by atoms with van der Waals surface area (Å²) in [5.74, 6) is 1.00. The zero-order valence-corrected chi connectivity index (χ0v) is 8.01. The highest BCUT2D eigenvalue weighted by atomic mass is 15.2. The summed E-state index contributed by atoms with van der Waals surface area (Å²) in [6.07, 6.45) is 2.13. The lowest BCUT2D eigenvalue weighted by molar-refractivity contribution is 0.603. The number of fused-ring (bicyclic) bond motifs is 1. The Bertz CT molecular complexity index is 292. The van der Waals surface area contributed by atoms with Crippen LogP contribution in [-0.2, 0) is 19.5 Å². The van der Waals surface area contributed by atoms with Crippen molar-refractivity contribution in [2.24, 2.45) is 5.73 Å². The standard InChI is InChI=1S/C9H16N4/c1-2-7-8(6-10)13-5-3-4-11-9(13)12-7/h2-6,10H2,1H3,(H,11,12). The normalized spacial score (nSPS) is 15.2. The SMILES string of the molecule is CCc1nc2n(c1CN)CCCN2. The lowest BCUT2D eigenvalue weighted by Gasteiger charge is -2.17. The van der Waals surface area contributed by atoms with E-state index in [-0.39, 0.29) is 0 Å². The Morgan fingerprint density at radius 3 is 3.15 bits per heavy atom. The van der Waals surface area contributed by atoms with Crippen molar-refractivity contribution in [3.8, 4) is 0 Å². The van der Waals surface area contributed by atoms with Gasteiger partial charge < -0.3 is 15.6 Å². The molecule has 13 heavy (non-hydrogen) atoms. The number of nitrogens with two attached hydrogens (primary N) is 1. The van der Waals surface area contributed by atoms with E-state index in [2.05, 4.69) is 21.8 Å². The molecule has 4 nitrogen and oxygen atoms in total. The highest BCUT2D eigenvalue weighted by Crippen LogP contribution is 2.19. The minimum absolute atomic E-state index is 0.595. The molecule has 2 heterocycles. The summed E-state index contributed by atoms with van der Waals surface area (Å²) in [6.45, 7) is 4.80. The molecule has 0 saturated heterocycles. The van der Waals surface area contributed by atoms with Crippen molar-refractivity contribution in [1.82, 2.24) is 9.55 Å². The molecule has 0 aromatic carbocycles. The number of aryl methyl sites for hydroxylation is 1. The van der Waals surface area contributed by atoms with Crippen LogP contribution in [-0.4, -0.2) is 16.1 Å². The molecule has 1 aliphatic rings. The van der Waals surface area contributed by atoms with Gasteiger partial charge in [-0.15, -0.1) is 0 Å². The molecule has 4 heteroatoms. The number of anilines is 1. The molecule has 1 aliphatic heterocycles. The molecule has 0 aliphatic carbocycles. The molecular weight excluding hydrogens is 164 g/mol. The summed E-state index contributed by atoms with van der Waals surface area (Å²) in [7, 11) is 0. The molecule has 0 amide bonds. The highest BCUT2D eigenvalue weighted by molar-refractivity contribution is 5.35. The summed E-state index contributed by atoms with van der Waals surface area (Å²) in [5, 5.41) is 3.29.